The molecular formula is C21H21N5O7S2. The normalized spacial score (nSPS) is 14.6. The lowest BCUT2D eigenvalue weighted by molar-refractivity contribution is -0.384. The molecule has 0 atom stereocenters. The van der Waals surface area contributed by atoms with Gasteiger partial charge in [-0.2, -0.15) is 4.31 Å². The van der Waals surface area contributed by atoms with Crippen molar-refractivity contribution < 1.29 is 27.7 Å². The number of nitrogens with one attached hydrogen (secondary N) is 1. The van der Waals surface area contributed by atoms with Gasteiger partial charge in [-0.3, -0.25) is 20.2 Å². The molecular weight excluding hydrogens is 498 g/mol. The van der Waals surface area contributed by atoms with Crippen LogP contribution >= 0.6 is 11.3 Å². The van der Waals surface area contributed by atoms with Crippen molar-refractivity contribution in [3.63, 3.8) is 0 Å². The molecule has 1 aliphatic heterocycles. The number of amides is 2. The van der Waals surface area contributed by atoms with Crippen molar-refractivity contribution in [1.82, 2.24) is 14.2 Å². The molecule has 2 amide bonds. The average Bonchev–Trinajstić information content (AvgIpc) is 3.25. The summed E-state index contributed by atoms with van der Waals surface area (Å²) in [5.41, 5.74) is 0.667. The summed E-state index contributed by atoms with van der Waals surface area (Å²) in [6, 6.07) is 9.72. The second-order valence-corrected chi connectivity index (χ2v) is 10.5. The number of piperazine rings is 1. The number of rotatable bonds is 6. The zero-order chi connectivity index (χ0) is 25.2. The van der Waals surface area contributed by atoms with E-state index in [0.29, 0.717) is 10.2 Å². The van der Waals surface area contributed by atoms with Gasteiger partial charge in [0.2, 0.25) is 10.0 Å². The fourth-order valence-electron chi connectivity index (χ4n) is 3.50. The molecule has 4 rings (SSSR count). The Bertz CT molecular complexity index is 1380. The Hall–Kier alpha value is -3.62. The van der Waals surface area contributed by atoms with Gasteiger partial charge in [0.05, 0.1) is 26.6 Å². The Morgan fingerprint density at radius 2 is 1.83 bits per heavy atom. The van der Waals surface area contributed by atoms with Gasteiger partial charge in [-0.15, -0.1) is 0 Å². The summed E-state index contributed by atoms with van der Waals surface area (Å²) in [4.78, 5) is 40.6. The third kappa shape index (κ3) is 5.23. The molecule has 1 aromatic heterocycles. The van der Waals surface area contributed by atoms with Crippen LogP contribution in [0.2, 0.25) is 0 Å². The molecule has 1 saturated heterocycles. The fraction of sp³-hybridized carbons (Fsp3) is 0.286. The van der Waals surface area contributed by atoms with Gasteiger partial charge in [-0.25, -0.2) is 18.2 Å². The molecule has 1 N–H and O–H groups in total. The number of hydrogen-bond donors (Lipinski definition) is 1. The number of hydrogen-bond acceptors (Lipinski definition) is 9. The summed E-state index contributed by atoms with van der Waals surface area (Å²) in [7, 11) is -3.80. The van der Waals surface area contributed by atoms with Crippen LogP contribution in [-0.2, 0) is 14.8 Å². The second kappa shape index (κ2) is 9.93. The number of benzene rings is 2. The van der Waals surface area contributed by atoms with Crippen LogP contribution < -0.4 is 5.32 Å². The van der Waals surface area contributed by atoms with Crippen LogP contribution in [0.4, 0.5) is 15.6 Å². The summed E-state index contributed by atoms with van der Waals surface area (Å²) in [6.45, 7) is 2.68. The van der Waals surface area contributed by atoms with Crippen molar-refractivity contribution in [2.45, 2.75) is 11.8 Å². The zero-order valence-corrected chi connectivity index (χ0v) is 20.2. The highest BCUT2D eigenvalue weighted by Gasteiger charge is 2.30. The van der Waals surface area contributed by atoms with E-state index >= 15 is 0 Å². The Balaban J connectivity index is 1.42. The van der Waals surface area contributed by atoms with Gasteiger partial charge in [0, 0.05) is 43.9 Å². The molecule has 3 aromatic rings. The van der Waals surface area contributed by atoms with Crippen LogP contribution in [0.15, 0.2) is 47.4 Å². The summed E-state index contributed by atoms with van der Waals surface area (Å²) in [5, 5.41) is 13.8. The van der Waals surface area contributed by atoms with Gasteiger partial charge < -0.3 is 9.64 Å². The molecule has 12 nitrogen and oxygen atoms in total. The van der Waals surface area contributed by atoms with Crippen molar-refractivity contribution >= 4 is 54.4 Å². The van der Waals surface area contributed by atoms with Crippen LogP contribution in [0.3, 0.4) is 0 Å². The maximum Gasteiger partial charge on any atom is 0.409 e. The lowest BCUT2D eigenvalue weighted by Crippen LogP contribution is -2.50. The second-order valence-electron chi connectivity index (χ2n) is 7.50. The summed E-state index contributed by atoms with van der Waals surface area (Å²) < 4.78 is 32.7. The molecule has 1 aliphatic rings. The molecule has 0 aliphatic carbocycles. The SMILES string of the molecule is CCOC(=O)N1CCN(S(=O)(=O)c2ccc(C(=O)Nc3nc4ccc([N+](=O)[O-])cc4s3)cc2)CC1. The van der Waals surface area contributed by atoms with Crippen LogP contribution in [0.25, 0.3) is 10.2 Å². The van der Waals surface area contributed by atoms with Gasteiger partial charge in [0.15, 0.2) is 5.13 Å². The minimum Gasteiger partial charge on any atom is -0.450 e. The quantitative estimate of drug-likeness (QED) is 0.385. The van der Waals surface area contributed by atoms with E-state index in [0.717, 1.165) is 11.3 Å². The van der Waals surface area contributed by atoms with E-state index in [1.807, 2.05) is 0 Å². The number of carbonyl (C=O) groups excluding carboxylic acids is 2. The predicted octanol–water partition coefficient (Wildman–Crippen LogP) is 2.92. The van der Waals surface area contributed by atoms with Crippen LogP contribution in [0.1, 0.15) is 17.3 Å². The zero-order valence-electron chi connectivity index (χ0n) is 18.5. The number of carbonyl (C=O) groups is 2. The van der Waals surface area contributed by atoms with E-state index in [4.69, 9.17) is 4.74 Å². The number of ether oxygens (including phenoxy) is 1. The van der Waals surface area contributed by atoms with E-state index in [-0.39, 0.29) is 54.1 Å². The number of aromatic nitrogens is 1. The van der Waals surface area contributed by atoms with Crippen molar-refractivity contribution in [3.8, 4) is 0 Å². The topological polar surface area (TPSA) is 152 Å². The molecule has 0 unspecified atom stereocenters. The third-order valence-corrected chi connectivity index (χ3v) is 8.17. The van der Waals surface area contributed by atoms with Crippen molar-refractivity contribution in [1.29, 1.82) is 0 Å². The molecule has 2 aromatic carbocycles. The molecule has 1 fully saturated rings. The molecule has 0 bridgehead atoms. The van der Waals surface area contributed by atoms with E-state index < -0.39 is 26.9 Å². The van der Waals surface area contributed by atoms with Gasteiger partial charge in [0.1, 0.15) is 0 Å². The molecule has 35 heavy (non-hydrogen) atoms. The van der Waals surface area contributed by atoms with Crippen molar-refractivity contribution in [2.24, 2.45) is 0 Å². The number of nitro groups is 1. The number of non-ortho nitro benzene ring substituents is 1. The average molecular weight is 520 g/mol. The van der Waals surface area contributed by atoms with Gasteiger partial charge >= 0.3 is 6.09 Å². The van der Waals surface area contributed by atoms with Gasteiger partial charge in [-0.05, 0) is 37.3 Å². The number of fused-ring (bicyclic) bond motifs is 1. The molecule has 14 heteroatoms. The van der Waals surface area contributed by atoms with Crippen molar-refractivity contribution in [2.75, 3.05) is 38.1 Å². The lowest BCUT2D eigenvalue weighted by Gasteiger charge is -2.33. The Morgan fingerprint density at radius 3 is 2.46 bits per heavy atom. The minimum atomic E-state index is -3.80. The van der Waals surface area contributed by atoms with Crippen LogP contribution in [0.5, 0.6) is 0 Å². The van der Waals surface area contributed by atoms with E-state index in [9.17, 15) is 28.1 Å². The van der Waals surface area contributed by atoms with Crippen LogP contribution in [0, 0.1) is 10.1 Å². The fourth-order valence-corrected chi connectivity index (χ4v) is 5.82. The first-order valence-electron chi connectivity index (χ1n) is 10.6. The predicted molar refractivity (Wildman–Crippen MR) is 128 cm³/mol. The van der Waals surface area contributed by atoms with E-state index in [1.54, 1.807) is 6.92 Å². The first-order chi connectivity index (χ1) is 16.7. The van der Waals surface area contributed by atoms with Gasteiger partial charge in [-0.1, -0.05) is 11.3 Å². The maximum absolute atomic E-state index is 13.0. The highest BCUT2D eigenvalue weighted by molar-refractivity contribution is 7.89. The van der Waals surface area contributed by atoms with Crippen molar-refractivity contribution in [3.05, 3.63) is 58.1 Å². The number of sulfonamides is 1. The van der Waals surface area contributed by atoms with Crippen LogP contribution in [-0.4, -0.2) is 72.3 Å². The standard InChI is InChI=1S/C21H21N5O7S2/c1-2-33-21(28)24-9-11-25(12-10-24)35(31,32)16-6-3-14(4-7-16)19(27)23-20-22-17-8-5-15(26(29)30)13-18(17)34-20/h3-8,13H,2,9-12H2,1H3,(H,22,23,27). The first kappa shape index (κ1) is 24.5. The Kier molecular flexibility index (Phi) is 6.95. The number of thiazole rings is 1. The lowest BCUT2D eigenvalue weighted by atomic mass is 10.2. The molecule has 184 valence electrons. The summed E-state index contributed by atoms with van der Waals surface area (Å²) in [5.74, 6) is -0.495. The maximum atomic E-state index is 13.0. The smallest absolute Gasteiger partial charge is 0.409 e. The molecule has 0 saturated carbocycles. The molecule has 2 heterocycles. The Labute approximate surface area is 204 Å². The van der Waals surface area contributed by atoms with E-state index in [1.165, 1.54) is 51.7 Å². The summed E-state index contributed by atoms with van der Waals surface area (Å²) in [6.07, 6.45) is -0.466. The minimum absolute atomic E-state index is 0.0333. The highest BCUT2D eigenvalue weighted by Crippen LogP contribution is 2.29. The molecule has 0 radical (unpaired) electrons. The third-order valence-electron chi connectivity index (χ3n) is 5.32. The largest absolute Gasteiger partial charge is 0.450 e. The monoisotopic (exact) mass is 519 g/mol. The number of anilines is 1. The highest BCUT2D eigenvalue weighted by atomic mass is 32.2. The Morgan fingerprint density at radius 1 is 1.14 bits per heavy atom. The summed E-state index contributed by atoms with van der Waals surface area (Å²) >= 11 is 1.10. The molecule has 0 spiro atoms. The number of nitrogens with zero attached hydrogens (tertiary/aromatic N) is 4. The van der Waals surface area contributed by atoms with E-state index in [2.05, 4.69) is 10.3 Å². The van der Waals surface area contributed by atoms with Gasteiger partial charge in [0.25, 0.3) is 11.6 Å². The number of nitro benzene ring substituents is 1. The first-order valence-corrected chi connectivity index (χ1v) is 12.8.